The second kappa shape index (κ2) is 4.26. The Labute approximate surface area is 87.9 Å². The number of aromatic nitrogens is 2. The summed E-state index contributed by atoms with van der Waals surface area (Å²) in [7, 11) is 0. The standard InChI is InChI=1S/C11H13N3O/c12-7-3-6-10-8-4-1-2-5-9(8)11(15)14-13-10/h1-6H2,(H,14,15). The molecule has 1 heterocycles. The number of H-pyrrole nitrogens is 1. The van der Waals surface area contributed by atoms with E-state index in [-0.39, 0.29) is 5.56 Å². The van der Waals surface area contributed by atoms with Crippen LogP contribution in [0.3, 0.4) is 0 Å². The highest BCUT2D eigenvalue weighted by Gasteiger charge is 2.17. The molecule has 0 unspecified atom stereocenters. The molecular formula is C11H13N3O. The van der Waals surface area contributed by atoms with Gasteiger partial charge in [0.2, 0.25) is 0 Å². The number of nitrogens with zero attached hydrogens (tertiary/aromatic N) is 2. The molecule has 0 spiro atoms. The van der Waals surface area contributed by atoms with Crippen LogP contribution in [0.2, 0.25) is 0 Å². The predicted octanol–water partition coefficient (Wildman–Crippen LogP) is 1.10. The molecule has 2 rings (SSSR count). The maximum absolute atomic E-state index is 11.5. The molecule has 1 aliphatic carbocycles. The van der Waals surface area contributed by atoms with Gasteiger partial charge in [-0.2, -0.15) is 10.4 Å². The molecule has 0 atom stereocenters. The van der Waals surface area contributed by atoms with Gasteiger partial charge in [-0.05, 0) is 31.2 Å². The molecule has 15 heavy (non-hydrogen) atoms. The first-order valence-corrected chi connectivity index (χ1v) is 5.29. The third-order valence-corrected chi connectivity index (χ3v) is 2.86. The van der Waals surface area contributed by atoms with Crippen molar-refractivity contribution >= 4 is 0 Å². The van der Waals surface area contributed by atoms with Gasteiger partial charge in [-0.3, -0.25) is 4.79 Å². The van der Waals surface area contributed by atoms with Crippen LogP contribution in [0.15, 0.2) is 4.79 Å². The van der Waals surface area contributed by atoms with E-state index in [0.717, 1.165) is 42.5 Å². The molecule has 0 amide bonds. The summed E-state index contributed by atoms with van der Waals surface area (Å²) in [6.07, 6.45) is 5.11. The van der Waals surface area contributed by atoms with Crippen molar-refractivity contribution in [2.45, 2.75) is 38.5 Å². The zero-order valence-electron chi connectivity index (χ0n) is 8.55. The first-order chi connectivity index (χ1) is 7.33. The Morgan fingerprint density at radius 3 is 2.80 bits per heavy atom. The Morgan fingerprint density at radius 2 is 2.07 bits per heavy atom. The van der Waals surface area contributed by atoms with Crippen LogP contribution in [0.1, 0.15) is 36.1 Å². The van der Waals surface area contributed by atoms with Crippen molar-refractivity contribution in [3.63, 3.8) is 0 Å². The maximum Gasteiger partial charge on any atom is 0.267 e. The Morgan fingerprint density at radius 1 is 1.33 bits per heavy atom. The molecule has 4 heteroatoms. The molecule has 0 radical (unpaired) electrons. The van der Waals surface area contributed by atoms with Crippen LogP contribution in [0.5, 0.6) is 0 Å². The number of aromatic amines is 1. The van der Waals surface area contributed by atoms with Crippen LogP contribution in [0.25, 0.3) is 0 Å². The zero-order chi connectivity index (χ0) is 10.7. The number of rotatable bonds is 2. The molecule has 4 nitrogen and oxygen atoms in total. The Kier molecular flexibility index (Phi) is 2.82. The van der Waals surface area contributed by atoms with Crippen molar-refractivity contribution in [2.24, 2.45) is 0 Å². The van der Waals surface area contributed by atoms with Gasteiger partial charge in [0.1, 0.15) is 0 Å². The molecule has 1 aromatic rings. The van der Waals surface area contributed by atoms with E-state index in [4.69, 9.17) is 5.26 Å². The van der Waals surface area contributed by atoms with Gasteiger partial charge in [0.05, 0.1) is 11.8 Å². The van der Waals surface area contributed by atoms with Crippen molar-refractivity contribution < 1.29 is 0 Å². The molecule has 0 bridgehead atoms. The second-order valence-corrected chi connectivity index (χ2v) is 3.82. The summed E-state index contributed by atoms with van der Waals surface area (Å²) in [5.41, 5.74) is 2.85. The number of fused-ring (bicyclic) bond motifs is 1. The fourth-order valence-corrected chi connectivity index (χ4v) is 2.11. The van der Waals surface area contributed by atoms with Gasteiger partial charge in [-0.1, -0.05) is 0 Å². The van der Waals surface area contributed by atoms with Crippen molar-refractivity contribution in [3.8, 4) is 6.07 Å². The van der Waals surface area contributed by atoms with Crippen molar-refractivity contribution in [2.75, 3.05) is 0 Å². The predicted molar refractivity (Wildman–Crippen MR) is 55.4 cm³/mol. The summed E-state index contributed by atoms with van der Waals surface area (Å²) in [5.74, 6) is 0. The van der Waals surface area contributed by atoms with Crippen molar-refractivity contribution in [1.29, 1.82) is 5.26 Å². The van der Waals surface area contributed by atoms with E-state index < -0.39 is 0 Å². The smallest absolute Gasteiger partial charge is 0.267 e. The molecule has 1 aliphatic rings. The van der Waals surface area contributed by atoms with Crippen molar-refractivity contribution in [1.82, 2.24) is 10.2 Å². The maximum atomic E-state index is 11.5. The van der Waals surface area contributed by atoms with E-state index >= 15 is 0 Å². The second-order valence-electron chi connectivity index (χ2n) is 3.82. The fourth-order valence-electron chi connectivity index (χ4n) is 2.11. The minimum Gasteiger partial charge on any atom is -0.268 e. The molecule has 0 saturated carbocycles. The Hall–Kier alpha value is -1.63. The van der Waals surface area contributed by atoms with E-state index in [1.807, 2.05) is 0 Å². The first-order valence-electron chi connectivity index (χ1n) is 5.29. The number of hydrogen-bond acceptors (Lipinski definition) is 3. The lowest BCUT2D eigenvalue weighted by Crippen LogP contribution is -2.22. The van der Waals surface area contributed by atoms with Crippen LogP contribution in [-0.4, -0.2) is 10.2 Å². The number of nitriles is 1. The highest BCUT2D eigenvalue weighted by Crippen LogP contribution is 2.20. The van der Waals surface area contributed by atoms with Gasteiger partial charge in [0.25, 0.3) is 5.56 Å². The monoisotopic (exact) mass is 203 g/mol. The molecule has 0 fully saturated rings. The van der Waals surface area contributed by atoms with Crippen LogP contribution < -0.4 is 5.56 Å². The summed E-state index contributed by atoms with van der Waals surface area (Å²) < 4.78 is 0. The van der Waals surface area contributed by atoms with Gasteiger partial charge < -0.3 is 0 Å². The van der Waals surface area contributed by atoms with Crippen LogP contribution in [0.4, 0.5) is 0 Å². The Balaban J connectivity index is 2.40. The number of hydrogen-bond donors (Lipinski definition) is 1. The van der Waals surface area contributed by atoms with E-state index in [1.165, 1.54) is 0 Å². The van der Waals surface area contributed by atoms with Gasteiger partial charge in [0, 0.05) is 18.4 Å². The molecule has 0 aromatic carbocycles. The topological polar surface area (TPSA) is 69.5 Å². The normalized spacial score (nSPS) is 14.3. The zero-order valence-corrected chi connectivity index (χ0v) is 8.55. The van der Waals surface area contributed by atoms with E-state index in [9.17, 15) is 4.79 Å². The summed E-state index contributed by atoms with van der Waals surface area (Å²) in [6, 6.07) is 2.11. The largest absolute Gasteiger partial charge is 0.268 e. The third kappa shape index (κ3) is 1.91. The summed E-state index contributed by atoms with van der Waals surface area (Å²) in [4.78, 5) is 11.5. The summed E-state index contributed by atoms with van der Waals surface area (Å²) >= 11 is 0. The Bertz CT molecular complexity index is 456. The molecular weight excluding hydrogens is 190 g/mol. The molecule has 0 saturated heterocycles. The van der Waals surface area contributed by atoms with Crippen LogP contribution >= 0.6 is 0 Å². The molecule has 78 valence electrons. The quantitative estimate of drug-likeness (QED) is 0.782. The van der Waals surface area contributed by atoms with Gasteiger partial charge in [-0.25, -0.2) is 5.10 Å². The highest BCUT2D eigenvalue weighted by atomic mass is 16.1. The third-order valence-electron chi connectivity index (χ3n) is 2.86. The number of nitrogens with one attached hydrogen (secondary N) is 1. The highest BCUT2D eigenvalue weighted by molar-refractivity contribution is 5.30. The average Bonchev–Trinajstić information content (AvgIpc) is 2.29. The van der Waals surface area contributed by atoms with E-state index in [0.29, 0.717) is 12.8 Å². The summed E-state index contributed by atoms with van der Waals surface area (Å²) in [6.45, 7) is 0. The van der Waals surface area contributed by atoms with Crippen molar-refractivity contribution in [3.05, 3.63) is 27.2 Å². The summed E-state index contributed by atoms with van der Waals surface area (Å²) in [5, 5.41) is 15.1. The lowest BCUT2D eigenvalue weighted by Gasteiger charge is -2.16. The van der Waals surface area contributed by atoms with Gasteiger partial charge >= 0.3 is 0 Å². The minimum atomic E-state index is -0.0505. The van der Waals surface area contributed by atoms with E-state index in [2.05, 4.69) is 16.3 Å². The number of aryl methyl sites for hydroxylation is 1. The molecule has 1 N–H and O–H groups in total. The lowest BCUT2D eigenvalue weighted by atomic mass is 9.91. The SMILES string of the molecule is N#CCCc1n[nH]c(=O)c2c1CCCC2. The van der Waals surface area contributed by atoms with Crippen LogP contribution in [-0.2, 0) is 19.3 Å². The first kappa shape index (κ1) is 9.91. The van der Waals surface area contributed by atoms with Crippen LogP contribution in [0, 0.1) is 11.3 Å². The molecule has 1 aromatic heterocycles. The fraction of sp³-hybridized carbons (Fsp3) is 0.545. The minimum absolute atomic E-state index is 0.0505. The molecule has 0 aliphatic heterocycles. The lowest BCUT2D eigenvalue weighted by molar-refractivity contribution is 0.651. The van der Waals surface area contributed by atoms with Gasteiger partial charge in [-0.15, -0.1) is 0 Å². The van der Waals surface area contributed by atoms with E-state index in [1.54, 1.807) is 0 Å². The average molecular weight is 203 g/mol. The van der Waals surface area contributed by atoms with Gasteiger partial charge in [0.15, 0.2) is 0 Å².